The molecule has 1 aromatic carbocycles. The summed E-state index contributed by atoms with van der Waals surface area (Å²) in [6.07, 6.45) is 8.53. The third kappa shape index (κ3) is 3.08. The zero-order valence-electron chi connectivity index (χ0n) is 16.4. The van der Waals surface area contributed by atoms with E-state index in [1.54, 1.807) is 24.8 Å². The van der Waals surface area contributed by atoms with Crippen LogP contribution in [0.1, 0.15) is 12.8 Å². The number of nitrogens with one attached hydrogen (secondary N) is 1. The number of benzene rings is 1. The van der Waals surface area contributed by atoms with Gasteiger partial charge in [-0.3, -0.25) is 10.1 Å². The van der Waals surface area contributed by atoms with E-state index in [-0.39, 0.29) is 17.3 Å². The molecule has 3 aromatic heterocycles. The molecule has 9 heteroatoms. The van der Waals surface area contributed by atoms with E-state index in [4.69, 9.17) is 14.7 Å². The molecule has 7 nitrogen and oxygen atoms in total. The standard InChI is InChI=1S/C22H18F2N6O/c23-14-1-2-19(16(24)5-14)31-15-6-22(7-15)11-30(12-22)21-20(13-8-26-27-9-13)28-18-10-25-4-3-17(18)29-21/h1-5,8-10,15H,6-7,11-12H2,(H,26,27). The quantitative estimate of drug-likeness (QED) is 0.542. The van der Waals surface area contributed by atoms with Crippen LogP contribution in [0.2, 0.25) is 0 Å². The van der Waals surface area contributed by atoms with Gasteiger partial charge in [0.25, 0.3) is 0 Å². The molecule has 1 spiro atoms. The Kier molecular flexibility index (Phi) is 3.92. The highest BCUT2D eigenvalue weighted by Crippen LogP contribution is 2.51. The van der Waals surface area contributed by atoms with Gasteiger partial charge in [-0.05, 0) is 31.0 Å². The van der Waals surface area contributed by atoms with Crippen molar-refractivity contribution in [2.24, 2.45) is 5.41 Å². The molecule has 1 aliphatic carbocycles. The van der Waals surface area contributed by atoms with E-state index in [9.17, 15) is 8.78 Å². The van der Waals surface area contributed by atoms with Crippen molar-refractivity contribution in [2.45, 2.75) is 18.9 Å². The van der Waals surface area contributed by atoms with Crippen LogP contribution >= 0.6 is 0 Å². The second-order valence-electron chi connectivity index (χ2n) is 8.33. The smallest absolute Gasteiger partial charge is 0.167 e. The Balaban J connectivity index is 1.19. The number of aromatic nitrogens is 5. The van der Waals surface area contributed by atoms with Crippen molar-refractivity contribution < 1.29 is 13.5 Å². The highest BCUT2D eigenvalue weighted by atomic mass is 19.1. The van der Waals surface area contributed by atoms with Crippen molar-refractivity contribution in [3.8, 4) is 17.0 Å². The lowest BCUT2D eigenvalue weighted by atomic mass is 9.61. The van der Waals surface area contributed by atoms with Crippen LogP contribution in [0, 0.1) is 17.0 Å². The van der Waals surface area contributed by atoms with E-state index in [0.717, 1.165) is 60.1 Å². The fourth-order valence-electron chi connectivity index (χ4n) is 4.60. The molecule has 1 saturated heterocycles. The predicted octanol–water partition coefficient (Wildman–Crippen LogP) is 3.74. The number of anilines is 1. The van der Waals surface area contributed by atoms with Gasteiger partial charge in [0.15, 0.2) is 17.4 Å². The minimum atomic E-state index is -0.665. The second-order valence-corrected chi connectivity index (χ2v) is 8.33. The SMILES string of the molecule is Fc1ccc(OC2CC3(C2)CN(c2nc4ccncc4nc2-c2cn[nH]c2)C3)c(F)c1. The number of halogens is 2. The number of rotatable bonds is 4. The number of ether oxygens (including phenoxy) is 1. The molecule has 6 rings (SSSR count). The normalized spacial score (nSPS) is 17.5. The summed E-state index contributed by atoms with van der Waals surface area (Å²) < 4.78 is 32.7. The van der Waals surface area contributed by atoms with Gasteiger partial charge in [-0.2, -0.15) is 5.10 Å². The van der Waals surface area contributed by atoms with Gasteiger partial charge >= 0.3 is 0 Å². The van der Waals surface area contributed by atoms with Crippen molar-refractivity contribution in [3.63, 3.8) is 0 Å². The zero-order valence-corrected chi connectivity index (χ0v) is 16.4. The number of fused-ring (bicyclic) bond motifs is 1. The summed E-state index contributed by atoms with van der Waals surface area (Å²) in [6, 6.07) is 5.26. The molecular formula is C22H18F2N6O. The molecule has 0 amide bonds. The fourth-order valence-corrected chi connectivity index (χ4v) is 4.60. The average Bonchev–Trinajstić information content (AvgIpc) is 3.24. The van der Waals surface area contributed by atoms with E-state index in [1.807, 2.05) is 6.07 Å². The third-order valence-corrected chi connectivity index (χ3v) is 6.08. The monoisotopic (exact) mass is 420 g/mol. The molecule has 156 valence electrons. The molecule has 31 heavy (non-hydrogen) atoms. The molecule has 1 aliphatic heterocycles. The molecule has 0 unspecified atom stereocenters. The summed E-state index contributed by atoms with van der Waals surface area (Å²) in [5, 5.41) is 6.88. The van der Waals surface area contributed by atoms with Gasteiger partial charge in [-0.15, -0.1) is 0 Å². The molecule has 2 fully saturated rings. The van der Waals surface area contributed by atoms with E-state index in [1.165, 1.54) is 12.1 Å². The minimum Gasteiger partial charge on any atom is -0.487 e. The molecule has 1 saturated carbocycles. The highest BCUT2D eigenvalue weighted by molar-refractivity contribution is 5.83. The van der Waals surface area contributed by atoms with Crippen LogP contribution in [-0.4, -0.2) is 44.3 Å². The summed E-state index contributed by atoms with van der Waals surface area (Å²) in [5.74, 6) is -0.347. The number of pyridine rings is 1. The zero-order chi connectivity index (χ0) is 21.0. The maximum Gasteiger partial charge on any atom is 0.167 e. The maximum absolute atomic E-state index is 13.8. The van der Waals surface area contributed by atoms with Crippen LogP contribution in [0.5, 0.6) is 5.75 Å². The molecule has 0 bridgehead atoms. The molecule has 4 heterocycles. The number of aromatic amines is 1. The van der Waals surface area contributed by atoms with E-state index in [2.05, 4.69) is 20.1 Å². The summed E-state index contributed by atoms with van der Waals surface area (Å²) in [7, 11) is 0. The Morgan fingerprint density at radius 3 is 2.71 bits per heavy atom. The number of hydrogen-bond donors (Lipinski definition) is 1. The first-order chi connectivity index (χ1) is 15.1. The molecule has 0 atom stereocenters. The lowest BCUT2D eigenvalue weighted by Crippen LogP contribution is -2.65. The highest BCUT2D eigenvalue weighted by Gasteiger charge is 2.54. The lowest BCUT2D eigenvalue weighted by Gasteiger charge is -2.59. The van der Waals surface area contributed by atoms with Crippen molar-refractivity contribution in [1.82, 2.24) is 25.1 Å². The van der Waals surface area contributed by atoms with E-state index >= 15 is 0 Å². The Morgan fingerprint density at radius 1 is 1.06 bits per heavy atom. The third-order valence-electron chi connectivity index (χ3n) is 6.08. The Labute approximate surface area is 176 Å². The van der Waals surface area contributed by atoms with Crippen molar-refractivity contribution in [1.29, 1.82) is 0 Å². The van der Waals surface area contributed by atoms with Crippen LogP contribution in [0.25, 0.3) is 22.3 Å². The fraction of sp³-hybridized carbons (Fsp3) is 0.273. The Hall–Kier alpha value is -3.62. The van der Waals surface area contributed by atoms with Gasteiger partial charge < -0.3 is 9.64 Å². The van der Waals surface area contributed by atoms with Gasteiger partial charge in [-0.1, -0.05) is 0 Å². The summed E-state index contributed by atoms with van der Waals surface area (Å²) in [5.41, 5.74) is 3.29. The largest absolute Gasteiger partial charge is 0.487 e. The first kappa shape index (κ1) is 18.2. The van der Waals surface area contributed by atoms with Crippen LogP contribution in [0.4, 0.5) is 14.6 Å². The number of hydrogen-bond acceptors (Lipinski definition) is 6. The van der Waals surface area contributed by atoms with Gasteiger partial charge in [0, 0.05) is 42.5 Å². The molecule has 4 aromatic rings. The maximum atomic E-state index is 13.8. The number of nitrogens with zero attached hydrogens (tertiary/aromatic N) is 5. The van der Waals surface area contributed by atoms with Crippen molar-refractivity contribution >= 4 is 16.9 Å². The van der Waals surface area contributed by atoms with Crippen LogP contribution in [0.15, 0.2) is 49.1 Å². The minimum absolute atomic E-state index is 0.0655. The van der Waals surface area contributed by atoms with Crippen LogP contribution < -0.4 is 9.64 Å². The van der Waals surface area contributed by atoms with Gasteiger partial charge in [0.2, 0.25) is 0 Å². The van der Waals surface area contributed by atoms with Gasteiger partial charge in [0.1, 0.15) is 23.1 Å². The molecule has 2 aliphatic rings. The van der Waals surface area contributed by atoms with Crippen molar-refractivity contribution in [3.05, 3.63) is 60.7 Å². The second kappa shape index (κ2) is 6.69. The van der Waals surface area contributed by atoms with Gasteiger partial charge in [-0.25, -0.2) is 18.7 Å². The molecule has 1 N–H and O–H groups in total. The number of H-pyrrole nitrogens is 1. The van der Waals surface area contributed by atoms with E-state index in [0.29, 0.717) is 0 Å². The summed E-state index contributed by atoms with van der Waals surface area (Å²) >= 11 is 0. The average molecular weight is 420 g/mol. The molecule has 0 radical (unpaired) electrons. The Morgan fingerprint density at radius 2 is 1.94 bits per heavy atom. The van der Waals surface area contributed by atoms with Crippen LogP contribution in [0.3, 0.4) is 0 Å². The van der Waals surface area contributed by atoms with Gasteiger partial charge in [0.05, 0.1) is 17.9 Å². The summed E-state index contributed by atoms with van der Waals surface area (Å²) in [6.45, 7) is 1.66. The first-order valence-corrected chi connectivity index (χ1v) is 10.1. The molecular weight excluding hydrogens is 402 g/mol. The Bertz CT molecular complexity index is 1260. The van der Waals surface area contributed by atoms with E-state index < -0.39 is 11.6 Å². The predicted molar refractivity (Wildman–Crippen MR) is 110 cm³/mol. The lowest BCUT2D eigenvalue weighted by molar-refractivity contribution is -0.0359. The first-order valence-electron chi connectivity index (χ1n) is 10.1. The van der Waals surface area contributed by atoms with Crippen molar-refractivity contribution in [2.75, 3.05) is 18.0 Å². The summed E-state index contributed by atoms with van der Waals surface area (Å²) in [4.78, 5) is 16.0. The van der Waals surface area contributed by atoms with Crippen LogP contribution in [-0.2, 0) is 0 Å². The topological polar surface area (TPSA) is 79.8 Å².